The van der Waals surface area contributed by atoms with Gasteiger partial charge in [-0.2, -0.15) is 0 Å². The molecule has 3 N–H and O–H groups in total. The molecule has 0 aliphatic heterocycles. The average Bonchev–Trinajstić information content (AvgIpc) is 2.89. The first-order chi connectivity index (χ1) is 17.7. The Bertz CT molecular complexity index is 1020. The van der Waals surface area contributed by atoms with Crippen molar-refractivity contribution < 1.29 is 4.74 Å². The van der Waals surface area contributed by atoms with Crippen LogP contribution >= 0.6 is 0 Å². The Kier molecular flexibility index (Phi) is 15.3. The average molecular weight is 501 g/mol. The number of nitrogens with two attached hydrogens (primary N) is 1. The van der Waals surface area contributed by atoms with Crippen molar-refractivity contribution in [2.24, 2.45) is 23.5 Å². The molecule has 0 saturated carbocycles. The molecule has 2 rings (SSSR count). The quantitative estimate of drug-likeness (QED) is 0.203. The molecule has 0 saturated heterocycles. The van der Waals surface area contributed by atoms with Crippen molar-refractivity contribution >= 4 is 6.08 Å². The summed E-state index contributed by atoms with van der Waals surface area (Å²) in [5, 5.41) is 3.40. The van der Waals surface area contributed by atoms with Crippen molar-refractivity contribution in [3.05, 3.63) is 121 Å². The van der Waals surface area contributed by atoms with Crippen LogP contribution in [0.15, 0.2) is 104 Å². The lowest BCUT2D eigenvalue weighted by Gasteiger charge is -2.19. The molecular formula is C34H48N2O. The first-order valence-corrected chi connectivity index (χ1v) is 13.2. The SMILES string of the molecule is C=C(N)/C=C/CCC(C)/C=C/c1ccccc1.C=C[C@H](C)CNC(=C)[C@H](C)Cc1ccc(OC)c(C)c1. The zero-order valence-electron chi connectivity index (χ0n) is 23.7. The summed E-state index contributed by atoms with van der Waals surface area (Å²) in [6.45, 7) is 21.1. The van der Waals surface area contributed by atoms with E-state index in [4.69, 9.17) is 10.5 Å². The summed E-state index contributed by atoms with van der Waals surface area (Å²) >= 11 is 0. The molecule has 37 heavy (non-hydrogen) atoms. The van der Waals surface area contributed by atoms with Crippen LogP contribution in [-0.4, -0.2) is 13.7 Å². The molecule has 200 valence electrons. The van der Waals surface area contributed by atoms with Crippen molar-refractivity contribution in [2.45, 2.75) is 47.0 Å². The number of rotatable bonds is 14. The lowest BCUT2D eigenvalue weighted by molar-refractivity contribution is 0.411. The number of hydrogen-bond donors (Lipinski definition) is 2. The molecule has 2 aromatic carbocycles. The second-order valence-electron chi connectivity index (χ2n) is 9.83. The molecular weight excluding hydrogens is 452 g/mol. The van der Waals surface area contributed by atoms with E-state index in [1.807, 2.05) is 24.3 Å². The predicted octanol–water partition coefficient (Wildman–Crippen LogP) is 8.25. The number of nitrogens with one attached hydrogen (secondary N) is 1. The maximum Gasteiger partial charge on any atom is 0.121 e. The van der Waals surface area contributed by atoms with Crippen LogP contribution in [0.25, 0.3) is 6.08 Å². The van der Waals surface area contributed by atoms with Gasteiger partial charge in [0.15, 0.2) is 0 Å². The van der Waals surface area contributed by atoms with Gasteiger partial charge in [-0.1, -0.05) is 101 Å². The minimum atomic E-state index is 0.403. The molecule has 3 nitrogen and oxygen atoms in total. The minimum Gasteiger partial charge on any atom is -0.496 e. The minimum absolute atomic E-state index is 0.403. The lowest BCUT2D eigenvalue weighted by atomic mass is 9.97. The van der Waals surface area contributed by atoms with Gasteiger partial charge in [-0.15, -0.1) is 6.58 Å². The lowest BCUT2D eigenvalue weighted by Crippen LogP contribution is -2.23. The van der Waals surface area contributed by atoms with E-state index >= 15 is 0 Å². The highest BCUT2D eigenvalue weighted by Gasteiger charge is 2.09. The van der Waals surface area contributed by atoms with E-state index < -0.39 is 0 Å². The van der Waals surface area contributed by atoms with E-state index in [0.717, 1.165) is 37.3 Å². The highest BCUT2D eigenvalue weighted by Crippen LogP contribution is 2.21. The van der Waals surface area contributed by atoms with Gasteiger partial charge in [0.25, 0.3) is 0 Å². The topological polar surface area (TPSA) is 47.3 Å². The first kappa shape index (κ1) is 31.6. The fourth-order valence-corrected chi connectivity index (χ4v) is 3.62. The van der Waals surface area contributed by atoms with Crippen LogP contribution in [0.3, 0.4) is 0 Å². The van der Waals surface area contributed by atoms with E-state index in [1.165, 1.54) is 16.7 Å². The van der Waals surface area contributed by atoms with Gasteiger partial charge in [0.1, 0.15) is 5.75 Å². The Hall–Kier alpha value is -3.46. The molecule has 0 fully saturated rings. The van der Waals surface area contributed by atoms with Crippen molar-refractivity contribution in [1.29, 1.82) is 0 Å². The van der Waals surface area contributed by atoms with Crippen LogP contribution in [-0.2, 0) is 6.42 Å². The summed E-state index contributed by atoms with van der Waals surface area (Å²) in [4.78, 5) is 0. The molecule has 0 aliphatic rings. The van der Waals surface area contributed by atoms with E-state index in [9.17, 15) is 0 Å². The van der Waals surface area contributed by atoms with Gasteiger partial charge >= 0.3 is 0 Å². The summed E-state index contributed by atoms with van der Waals surface area (Å²) in [7, 11) is 1.71. The van der Waals surface area contributed by atoms with Crippen LogP contribution in [0.5, 0.6) is 5.75 Å². The number of ether oxygens (including phenoxy) is 1. The van der Waals surface area contributed by atoms with Gasteiger partial charge < -0.3 is 15.8 Å². The molecule has 0 aliphatic carbocycles. The third-order valence-electron chi connectivity index (χ3n) is 6.19. The van der Waals surface area contributed by atoms with Gasteiger partial charge in [0.2, 0.25) is 0 Å². The van der Waals surface area contributed by atoms with Crippen LogP contribution < -0.4 is 15.8 Å². The summed E-state index contributed by atoms with van der Waals surface area (Å²) in [6.07, 6.45) is 13.5. The molecule has 1 unspecified atom stereocenters. The Balaban J connectivity index is 0.000000375. The summed E-state index contributed by atoms with van der Waals surface area (Å²) in [5.41, 5.74) is 10.9. The second kappa shape index (κ2) is 17.9. The third kappa shape index (κ3) is 14.0. The van der Waals surface area contributed by atoms with Gasteiger partial charge in [-0.05, 0) is 72.8 Å². The maximum atomic E-state index is 5.45. The summed E-state index contributed by atoms with van der Waals surface area (Å²) in [6, 6.07) is 16.7. The van der Waals surface area contributed by atoms with E-state index in [0.29, 0.717) is 23.5 Å². The van der Waals surface area contributed by atoms with Crippen molar-refractivity contribution in [3.8, 4) is 5.75 Å². The molecule has 3 atom stereocenters. The summed E-state index contributed by atoms with van der Waals surface area (Å²) in [5.74, 6) is 2.38. The van der Waals surface area contributed by atoms with Crippen LogP contribution in [0, 0.1) is 24.7 Å². The zero-order chi connectivity index (χ0) is 27.6. The van der Waals surface area contributed by atoms with E-state index in [1.54, 1.807) is 7.11 Å². The Labute approximate surface area is 226 Å². The van der Waals surface area contributed by atoms with Gasteiger partial charge in [-0.3, -0.25) is 0 Å². The van der Waals surface area contributed by atoms with Gasteiger partial charge in [0.05, 0.1) is 7.11 Å². The molecule has 0 radical (unpaired) electrons. The standard InChI is InChI=1S/C18H27NO.C16H21N/c1-7-13(2)12-19-16(5)14(3)10-17-8-9-18(20-6)15(4)11-17;1-14(8-6-7-9-15(2)17)12-13-16-10-4-3-5-11-16/h7-9,11,13-14,19H,1,5,10,12H2,2-4,6H3;3-5,7,9-14H,2,6,8,17H2,1H3/b;9-7+,13-12+/t13-,14+;/m0./s1. The fraction of sp³-hybridized carbons (Fsp3) is 0.353. The molecule has 0 amide bonds. The zero-order valence-corrected chi connectivity index (χ0v) is 23.7. The predicted molar refractivity (Wildman–Crippen MR) is 163 cm³/mol. The smallest absolute Gasteiger partial charge is 0.121 e. The molecule has 2 aromatic rings. The maximum absolute atomic E-state index is 5.45. The Morgan fingerprint density at radius 2 is 1.76 bits per heavy atom. The summed E-state index contributed by atoms with van der Waals surface area (Å²) < 4.78 is 5.29. The second-order valence-corrected chi connectivity index (χ2v) is 9.83. The first-order valence-electron chi connectivity index (χ1n) is 13.2. The van der Waals surface area contributed by atoms with Gasteiger partial charge in [0, 0.05) is 17.9 Å². The van der Waals surface area contributed by atoms with Crippen LogP contribution in [0.2, 0.25) is 0 Å². The normalized spacial score (nSPS) is 13.3. The molecule has 3 heteroatoms. The molecule has 0 spiro atoms. The van der Waals surface area contributed by atoms with E-state index in [2.05, 4.69) is 107 Å². The third-order valence-corrected chi connectivity index (χ3v) is 6.19. The van der Waals surface area contributed by atoms with Crippen molar-refractivity contribution in [3.63, 3.8) is 0 Å². The number of allylic oxidation sites excluding steroid dienone is 4. The largest absolute Gasteiger partial charge is 0.496 e. The molecule has 0 bridgehead atoms. The van der Waals surface area contributed by atoms with Crippen LogP contribution in [0.1, 0.15) is 50.3 Å². The monoisotopic (exact) mass is 500 g/mol. The molecule has 0 heterocycles. The van der Waals surface area contributed by atoms with Gasteiger partial charge in [-0.25, -0.2) is 0 Å². The Morgan fingerprint density at radius 1 is 1.05 bits per heavy atom. The number of methoxy groups -OCH3 is 1. The Morgan fingerprint density at radius 3 is 2.35 bits per heavy atom. The molecule has 0 aromatic heterocycles. The van der Waals surface area contributed by atoms with Crippen molar-refractivity contribution in [1.82, 2.24) is 5.32 Å². The highest BCUT2D eigenvalue weighted by atomic mass is 16.5. The number of aryl methyl sites for hydroxylation is 1. The fourth-order valence-electron chi connectivity index (χ4n) is 3.62. The number of hydrogen-bond acceptors (Lipinski definition) is 3. The highest BCUT2D eigenvalue weighted by molar-refractivity contribution is 5.48. The van der Waals surface area contributed by atoms with Crippen LogP contribution in [0.4, 0.5) is 0 Å². The number of benzene rings is 2. The van der Waals surface area contributed by atoms with E-state index in [-0.39, 0.29) is 0 Å². The van der Waals surface area contributed by atoms with Crippen molar-refractivity contribution in [2.75, 3.05) is 13.7 Å².